The lowest BCUT2D eigenvalue weighted by Crippen LogP contribution is -2.09. The highest BCUT2D eigenvalue weighted by atomic mass is 16.7. The summed E-state index contributed by atoms with van der Waals surface area (Å²) >= 11 is 0. The van der Waals surface area contributed by atoms with Crippen molar-refractivity contribution in [1.29, 1.82) is 0 Å². The van der Waals surface area contributed by atoms with Crippen LogP contribution in [0.5, 0.6) is 23.0 Å². The molecule has 0 fully saturated rings. The smallest absolute Gasteiger partial charge is 0.334 e. The van der Waals surface area contributed by atoms with E-state index < -0.39 is 0 Å². The summed E-state index contributed by atoms with van der Waals surface area (Å²) in [6, 6.07) is 5.55. The van der Waals surface area contributed by atoms with E-state index in [9.17, 15) is 4.79 Å². The summed E-state index contributed by atoms with van der Waals surface area (Å²) < 4.78 is 22.9. The Bertz CT molecular complexity index is 1020. The molecule has 0 atom stereocenters. The molecule has 0 amide bonds. The van der Waals surface area contributed by atoms with E-state index in [1.807, 2.05) is 18.2 Å². The Hall–Kier alpha value is -2.96. The van der Waals surface area contributed by atoms with Crippen LogP contribution in [0.2, 0.25) is 0 Å². The van der Waals surface area contributed by atoms with Gasteiger partial charge in [0, 0.05) is 12.0 Å². The number of ether oxygens (including phenoxy) is 4. The number of hydrogen-bond acceptors (Lipinski definition) is 7. The minimum absolute atomic E-state index is 0.248. The van der Waals surface area contributed by atoms with Crippen molar-refractivity contribution in [3.05, 3.63) is 23.8 Å². The van der Waals surface area contributed by atoms with Gasteiger partial charge in [-0.15, -0.1) is 0 Å². The van der Waals surface area contributed by atoms with E-state index in [1.165, 1.54) is 51.4 Å². The van der Waals surface area contributed by atoms with Gasteiger partial charge in [-0.05, 0) is 31.0 Å². The van der Waals surface area contributed by atoms with Crippen molar-refractivity contribution in [2.45, 2.75) is 90.9 Å². The lowest BCUT2D eigenvalue weighted by atomic mass is 9.96. The minimum Gasteiger partial charge on any atom is -0.496 e. The van der Waals surface area contributed by atoms with Gasteiger partial charge in [0.25, 0.3) is 0 Å². The molecule has 0 aliphatic carbocycles. The second kappa shape index (κ2) is 16.7. The molecular weight excluding hydrogens is 470 g/mol. The fraction of sp³-hybridized carbons (Fsp3) is 0.600. The quantitative estimate of drug-likeness (QED) is 0.0871. The van der Waals surface area contributed by atoms with E-state index in [2.05, 4.69) is 12.1 Å². The van der Waals surface area contributed by atoms with Crippen LogP contribution in [-0.4, -0.2) is 40.1 Å². The number of nitrogens with zero attached hydrogens (tertiary/aromatic N) is 1. The Morgan fingerprint density at radius 2 is 1.24 bits per heavy atom. The zero-order chi connectivity index (χ0) is 27.0. The average molecular weight is 516 g/mol. The molecule has 0 aliphatic rings. The van der Waals surface area contributed by atoms with E-state index in [0.717, 1.165) is 23.6 Å². The van der Waals surface area contributed by atoms with Crippen molar-refractivity contribution >= 4 is 22.5 Å². The Kier molecular flexibility index (Phi) is 13.7. The molecule has 2 aromatic rings. The Balaban J connectivity index is 2.31. The number of carbonyl (C=O) groups excluding carboxylic acids is 1. The molecule has 0 saturated carbocycles. The molecule has 37 heavy (non-hydrogen) atoms. The van der Waals surface area contributed by atoms with E-state index in [4.69, 9.17) is 23.8 Å². The maximum atomic E-state index is 11.9. The highest BCUT2D eigenvalue weighted by molar-refractivity contribution is 6.12. The predicted octanol–water partition coefficient (Wildman–Crippen LogP) is 7.84. The van der Waals surface area contributed by atoms with Crippen LogP contribution in [0.15, 0.2) is 23.4 Å². The van der Waals surface area contributed by atoms with Crippen molar-refractivity contribution in [2.75, 3.05) is 28.4 Å². The van der Waals surface area contributed by atoms with Crippen LogP contribution in [0, 0.1) is 0 Å². The number of methoxy groups -OCH3 is 4. The fourth-order valence-electron chi connectivity index (χ4n) is 4.55. The lowest BCUT2D eigenvalue weighted by molar-refractivity contribution is -0.143. The third-order valence-corrected chi connectivity index (χ3v) is 6.61. The van der Waals surface area contributed by atoms with Crippen LogP contribution in [-0.2, 0) is 9.63 Å². The highest BCUT2D eigenvalue weighted by Crippen LogP contribution is 2.46. The summed E-state index contributed by atoms with van der Waals surface area (Å²) in [5, 5.41) is 5.75. The molecule has 2 aromatic carbocycles. The van der Waals surface area contributed by atoms with Gasteiger partial charge in [-0.25, -0.2) is 4.79 Å². The van der Waals surface area contributed by atoms with Gasteiger partial charge >= 0.3 is 5.97 Å². The zero-order valence-corrected chi connectivity index (χ0v) is 23.6. The Labute approximate surface area is 222 Å². The summed E-state index contributed by atoms with van der Waals surface area (Å²) in [6.45, 7) is 3.99. The zero-order valence-electron chi connectivity index (χ0n) is 23.6. The van der Waals surface area contributed by atoms with Gasteiger partial charge in [0.1, 0.15) is 23.0 Å². The molecule has 2 rings (SSSR count). The summed E-state index contributed by atoms with van der Waals surface area (Å²) in [5.74, 6) is 2.05. The van der Waals surface area contributed by atoms with Crippen LogP contribution in [0.25, 0.3) is 10.8 Å². The van der Waals surface area contributed by atoms with Crippen molar-refractivity contribution < 1.29 is 28.6 Å². The third kappa shape index (κ3) is 8.54. The molecule has 0 aromatic heterocycles. The second-order valence-electron chi connectivity index (χ2n) is 9.17. The van der Waals surface area contributed by atoms with Gasteiger partial charge in [0.15, 0.2) is 0 Å². The van der Waals surface area contributed by atoms with Crippen LogP contribution in [0.4, 0.5) is 0 Å². The molecule has 7 heteroatoms. The maximum Gasteiger partial charge on any atom is 0.334 e. The number of benzene rings is 2. The van der Waals surface area contributed by atoms with Crippen LogP contribution < -0.4 is 18.9 Å². The molecule has 0 unspecified atom stereocenters. The molecule has 0 N–H and O–H groups in total. The number of fused-ring (bicyclic) bond motifs is 1. The number of carbonyl (C=O) groups is 1. The maximum absolute atomic E-state index is 11.9. The van der Waals surface area contributed by atoms with Gasteiger partial charge in [-0.3, -0.25) is 0 Å². The summed E-state index contributed by atoms with van der Waals surface area (Å²) in [6.07, 6.45) is 13.2. The molecule has 0 radical (unpaired) electrons. The molecular formula is C30H45NO6. The first kappa shape index (κ1) is 30.3. The largest absolute Gasteiger partial charge is 0.496 e. The SMILES string of the molecule is CCCCCCCCCCCCC(=NOC(=O)CC)c1cc(OC)c2c(OC)ccc(OC)c2c1OC. The standard InChI is InChI=1S/C30H45NO6/c1-7-9-10-11-12-13-14-15-16-17-18-23(31-37-27(32)8-2)22-21-26(35-5)28-24(33-3)19-20-25(34-4)29(28)30(22)36-6/h19-21H,7-18H2,1-6H3. The molecule has 0 heterocycles. The van der Waals surface area contributed by atoms with Crippen LogP contribution in [0.1, 0.15) is 96.5 Å². The van der Waals surface area contributed by atoms with Crippen molar-refractivity contribution in [2.24, 2.45) is 5.16 Å². The normalized spacial score (nSPS) is 11.5. The number of rotatable bonds is 18. The Morgan fingerprint density at radius 3 is 1.76 bits per heavy atom. The molecule has 0 saturated heterocycles. The van der Waals surface area contributed by atoms with Gasteiger partial charge in [-0.2, -0.15) is 0 Å². The minimum atomic E-state index is -0.383. The fourth-order valence-corrected chi connectivity index (χ4v) is 4.55. The van der Waals surface area contributed by atoms with E-state index in [-0.39, 0.29) is 12.4 Å². The van der Waals surface area contributed by atoms with Crippen molar-refractivity contribution in [1.82, 2.24) is 0 Å². The monoisotopic (exact) mass is 515 g/mol. The average Bonchev–Trinajstić information content (AvgIpc) is 2.93. The van der Waals surface area contributed by atoms with Crippen LogP contribution >= 0.6 is 0 Å². The summed E-state index contributed by atoms with van der Waals surface area (Å²) in [7, 11) is 6.45. The molecule has 7 nitrogen and oxygen atoms in total. The first-order chi connectivity index (χ1) is 18.1. The Morgan fingerprint density at radius 1 is 0.703 bits per heavy atom. The first-order valence-electron chi connectivity index (χ1n) is 13.6. The second-order valence-corrected chi connectivity index (χ2v) is 9.17. The van der Waals surface area contributed by atoms with Gasteiger partial charge in [0.2, 0.25) is 0 Å². The van der Waals surface area contributed by atoms with Crippen molar-refractivity contribution in [3.63, 3.8) is 0 Å². The van der Waals surface area contributed by atoms with Crippen molar-refractivity contribution in [3.8, 4) is 23.0 Å². The summed E-state index contributed by atoms with van der Waals surface area (Å²) in [4.78, 5) is 17.2. The topological polar surface area (TPSA) is 75.6 Å². The van der Waals surface area contributed by atoms with Gasteiger partial charge < -0.3 is 23.8 Å². The van der Waals surface area contributed by atoms with Gasteiger partial charge in [-0.1, -0.05) is 76.8 Å². The number of unbranched alkanes of at least 4 members (excludes halogenated alkanes) is 9. The summed E-state index contributed by atoms with van der Waals surface area (Å²) in [5.41, 5.74) is 1.35. The van der Waals surface area contributed by atoms with E-state index in [1.54, 1.807) is 35.4 Å². The lowest BCUT2D eigenvalue weighted by Gasteiger charge is -2.19. The van der Waals surface area contributed by atoms with E-state index in [0.29, 0.717) is 40.7 Å². The molecule has 0 aliphatic heterocycles. The predicted molar refractivity (Wildman–Crippen MR) is 150 cm³/mol. The van der Waals surface area contributed by atoms with Crippen LogP contribution in [0.3, 0.4) is 0 Å². The van der Waals surface area contributed by atoms with Gasteiger partial charge in [0.05, 0.1) is 44.9 Å². The number of hydrogen-bond donors (Lipinski definition) is 0. The first-order valence-corrected chi connectivity index (χ1v) is 13.6. The third-order valence-electron chi connectivity index (χ3n) is 6.61. The molecule has 206 valence electrons. The van der Waals surface area contributed by atoms with E-state index >= 15 is 0 Å². The number of oxime groups is 1. The molecule has 0 bridgehead atoms. The highest BCUT2D eigenvalue weighted by Gasteiger charge is 2.23. The molecule has 0 spiro atoms.